The van der Waals surface area contributed by atoms with Gasteiger partial charge in [-0.25, -0.2) is 9.07 Å². The molecule has 1 amide bonds. The molecule has 4 aromatic rings. The van der Waals surface area contributed by atoms with Gasteiger partial charge >= 0.3 is 6.18 Å². The van der Waals surface area contributed by atoms with Gasteiger partial charge in [-0.05, 0) is 48.2 Å². The predicted molar refractivity (Wildman–Crippen MR) is 123 cm³/mol. The molecule has 2 N–H and O–H groups in total. The maximum absolute atomic E-state index is 14.5. The van der Waals surface area contributed by atoms with Gasteiger partial charge in [0.1, 0.15) is 23.7 Å². The van der Waals surface area contributed by atoms with Gasteiger partial charge in [0, 0.05) is 35.2 Å². The van der Waals surface area contributed by atoms with Crippen LogP contribution >= 0.6 is 0 Å². The molecule has 7 nitrogen and oxygen atoms in total. The van der Waals surface area contributed by atoms with E-state index in [1.54, 1.807) is 43.6 Å². The maximum Gasteiger partial charge on any atom is 0.419 e. The Hall–Kier alpha value is -4.72. The van der Waals surface area contributed by atoms with Crippen molar-refractivity contribution in [2.24, 2.45) is 0 Å². The molecule has 5 rings (SSSR count). The SMILES string of the molecule is CC1=C(C(=O)Nc2ccc3cnccc3c2)C(c2ccc(C(F)(F)F)c(F)c2)n2nc(C#N)cc2N1. The zero-order valence-electron chi connectivity index (χ0n) is 18.6. The monoisotopic (exact) mass is 492 g/mol. The number of hydrogen-bond acceptors (Lipinski definition) is 5. The van der Waals surface area contributed by atoms with E-state index in [-0.39, 0.29) is 16.8 Å². The summed E-state index contributed by atoms with van der Waals surface area (Å²) in [4.78, 5) is 17.5. The molecule has 0 saturated carbocycles. The maximum atomic E-state index is 14.5. The molecule has 2 aromatic heterocycles. The quantitative estimate of drug-likeness (QED) is 0.374. The van der Waals surface area contributed by atoms with Gasteiger partial charge in [-0.15, -0.1) is 0 Å². The summed E-state index contributed by atoms with van der Waals surface area (Å²) in [7, 11) is 0. The molecule has 2 aromatic carbocycles. The molecule has 180 valence electrons. The van der Waals surface area contributed by atoms with Crippen LogP contribution in [-0.4, -0.2) is 20.7 Å². The van der Waals surface area contributed by atoms with Crippen molar-refractivity contribution in [3.63, 3.8) is 0 Å². The minimum absolute atomic E-state index is 0.0208. The highest BCUT2D eigenvalue weighted by atomic mass is 19.4. The first-order chi connectivity index (χ1) is 17.2. The molecule has 0 aliphatic carbocycles. The van der Waals surface area contributed by atoms with Gasteiger partial charge < -0.3 is 10.6 Å². The van der Waals surface area contributed by atoms with E-state index in [1.807, 2.05) is 6.07 Å². The zero-order valence-corrected chi connectivity index (χ0v) is 18.6. The van der Waals surface area contributed by atoms with E-state index in [1.165, 1.54) is 10.7 Å². The largest absolute Gasteiger partial charge is 0.419 e. The molecule has 36 heavy (non-hydrogen) atoms. The van der Waals surface area contributed by atoms with Crippen LogP contribution in [0.25, 0.3) is 10.8 Å². The number of alkyl halides is 3. The lowest BCUT2D eigenvalue weighted by atomic mass is 9.93. The van der Waals surface area contributed by atoms with Crippen LogP contribution in [0.2, 0.25) is 0 Å². The Bertz CT molecular complexity index is 1600. The second-order valence-corrected chi connectivity index (χ2v) is 8.17. The summed E-state index contributed by atoms with van der Waals surface area (Å²) in [6, 6.07) is 11.7. The fraction of sp³-hybridized carbons (Fsp3) is 0.120. The number of hydrogen-bond donors (Lipinski definition) is 2. The Morgan fingerprint density at radius 2 is 1.94 bits per heavy atom. The Labute approximate surface area is 201 Å². The van der Waals surface area contributed by atoms with Gasteiger partial charge in [-0.1, -0.05) is 12.1 Å². The van der Waals surface area contributed by atoms with Crippen LogP contribution in [-0.2, 0) is 11.0 Å². The normalized spacial score (nSPS) is 15.3. The molecule has 0 spiro atoms. The molecular weight excluding hydrogens is 476 g/mol. The average molecular weight is 492 g/mol. The number of nitrogens with zero attached hydrogens (tertiary/aromatic N) is 4. The molecular formula is C25H16F4N6O. The highest BCUT2D eigenvalue weighted by Gasteiger charge is 2.37. The topological polar surface area (TPSA) is 95.6 Å². The van der Waals surface area contributed by atoms with Crippen LogP contribution < -0.4 is 10.6 Å². The minimum atomic E-state index is -4.88. The number of rotatable bonds is 3. The summed E-state index contributed by atoms with van der Waals surface area (Å²) >= 11 is 0. The van der Waals surface area contributed by atoms with Gasteiger partial charge in [-0.2, -0.15) is 23.5 Å². The van der Waals surface area contributed by atoms with Gasteiger partial charge in [0.25, 0.3) is 5.91 Å². The highest BCUT2D eigenvalue weighted by Crippen LogP contribution is 2.39. The first kappa shape index (κ1) is 23.0. The molecule has 0 fully saturated rings. The second-order valence-electron chi connectivity index (χ2n) is 8.17. The van der Waals surface area contributed by atoms with E-state index in [0.29, 0.717) is 23.3 Å². The van der Waals surface area contributed by atoms with Crippen LogP contribution in [0.15, 0.2) is 72.2 Å². The third-order valence-electron chi connectivity index (χ3n) is 5.85. The molecule has 0 saturated heterocycles. The molecule has 1 aliphatic rings. The van der Waals surface area contributed by atoms with Crippen molar-refractivity contribution in [2.45, 2.75) is 19.1 Å². The average Bonchev–Trinajstić information content (AvgIpc) is 3.24. The minimum Gasteiger partial charge on any atom is -0.344 e. The van der Waals surface area contributed by atoms with Crippen LogP contribution in [0.5, 0.6) is 0 Å². The third kappa shape index (κ3) is 4.02. The Kier molecular flexibility index (Phi) is 5.44. The standard InChI is InChI=1S/C25H16F4N6O/c1-13-22(24(36)33-17-4-2-16-12-31-7-6-14(16)8-17)23(35-21(32-13)10-18(11-30)34-35)15-3-5-19(20(26)9-15)25(27,28)29/h2-10,12,23,32H,1H3,(H,33,36). The number of allylic oxidation sites excluding steroid dienone is 1. The summed E-state index contributed by atoms with van der Waals surface area (Å²) in [6.07, 6.45) is -1.58. The van der Waals surface area contributed by atoms with Gasteiger partial charge in [0.2, 0.25) is 0 Å². The van der Waals surface area contributed by atoms with E-state index in [9.17, 15) is 27.6 Å². The van der Waals surface area contributed by atoms with Crippen molar-refractivity contribution >= 4 is 28.2 Å². The smallest absolute Gasteiger partial charge is 0.344 e. The highest BCUT2D eigenvalue weighted by molar-refractivity contribution is 6.06. The van der Waals surface area contributed by atoms with Gasteiger partial charge in [0.05, 0.1) is 11.1 Å². The molecule has 0 bridgehead atoms. The molecule has 3 heterocycles. The molecule has 1 atom stereocenters. The Morgan fingerprint density at radius 1 is 1.14 bits per heavy atom. The number of fused-ring (bicyclic) bond motifs is 2. The number of benzene rings is 2. The van der Waals surface area contributed by atoms with Crippen molar-refractivity contribution in [1.82, 2.24) is 14.8 Å². The number of anilines is 2. The van der Waals surface area contributed by atoms with Crippen LogP contribution in [0.3, 0.4) is 0 Å². The summed E-state index contributed by atoms with van der Waals surface area (Å²) in [5.41, 5.74) is -0.391. The number of nitriles is 1. The van der Waals surface area contributed by atoms with Crippen LogP contribution in [0.4, 0.5) is 29.1 Å². The van der Waals surface area contributed by atoms with E-state index >= 15 is 0 Å². The number of amides is 1. The predicted octanol–water partition coefficient (Wildman–Crippen LogP) is 5.39. The van der Waals surface area contributed by atoms with E-state index in [2.05, 4.69) is 20.7 Å². The molecule has 1 unspecified atom stereocenters. The molecule has 11 heteroatoms. The van der Waals surface area contributed by atoms with Crippen molar-refractivity contribution in [3.05, 3.63) is 94.8 Å². The van der Waals surface area contributed by atoms with E-state index in [0.717, 1.165) is 22.9 Å². The summed E-state index contributed by atoms with van der Waals surface area (Å²) in [5, 5.41) is 21.0. The number of halogens is 4. The fourth-order valence-corrected chi connectivity index (χ4v) is 4.22. The van der Waals surface area contributed by atoms with Crippen molar-refractivity contribution in [1.29, 1.82) is 5.26 Å². The number of carbonyl (C=O) groups is 1. The van der Waals surface area contributed by atoms with Crippen molar-refractivity contribution < 1.29 is 22.4 Å². The third-order valence-corrected chi connectivity index (χ3v) is 5.85. The lowest BCUT2D eigenvalue weighted by molar-refractivity contribution is -0.140. The first-order valence-corrected chi connectivity index (χ1v) is 10.6. The van der Waals surface area contributed by atoms with Crippen LogP contribution in [0.1, 0.15) is 29.8 Å². The van der Waals surface area contributed by atoms with E-state index < -0.39 is 29.5 Å². The van der Waals surface area contributed by atoms with Crippen LogP contribution in [0, 0.1) is 17.1 Å². The van der Waals surface area contributed by atoms with Gasteiger partial charge in [0.15, 0.2) is 5.69 Å². The van der Waals surface area contributed by atoms with E-state index in [4.69, 9.17) is 0 Å². The molecule has 0 radical (unpaired) electrons. The van der Waals surface area contributed by atoms with Crippen molar-refractivity contribution in [2.75, 3.05) is 10.6 Å². The lowest BCUT2D eigenvalue weighted by Crippen LogP contribution is -2.31. The summed E-state index contributed by atoms with van der Waals surface area (Å²) < 4.78 is 55.3. The summed E-state index contributed by atoms with van der Waals surface area (Å²) in [6.45, 7) is 1.61. The van der Waals surface area contributed by atoms with Gasteiger partial charge in [-0.3, -0.25) is 9.78 Å². The number of pyridine rings is 1. The zero-order chi connectivity index (χ0) is 25.6. The number of aromatic nitrogens is 3. The summed E-state index contributed by atoms with van der Waals surface area (Å²) in [5.74, 6) is -1.71. The number of carbonyl (C=O) groups excluding carboxylic acids is 1. The Morgan fingerprint density at radius 3 is 2.67 bits per heavy atom. The number of nitrogens with one attached hydrogen (secondary N) is 2. The molecule has 1 aliphatic heterocycles. The second kappa shape index (κ2) is 8.49. The van der Waals surface area contributed by atoms with Crippen molar-refractivity contribution in [3.8, 4) is 6.07 Å². The Balaban J connectivity index is 1.59. The lowest BCUT2D eigenvalue weighted by Gasteiger charge is -2.30. The fourth-order valence-electron chi connectivity index (χ4n) is 4.22. The first-order valence-electron chi connectivity index (χ1n) is 10.6.